The molecule has 3 nitrogen and oxygen atoms in total. The highest BCUT2D eigenvalue weighted by atomic mass is 19.4. The molecule has 1 atom stereocenters. The molecule has 3 rings (SSSR count). The van der Waals surface area contributed by atoms with Crippen molar-refractivity contribution >= 4 is 11.5 Å². The third kappa shape index (κ3) is 2.65. The number of alkyl halides is 3. The predicted octanol–water partition coefficient (Wildman–Crippen LogP) is 4.14. The van der Waals surface area contributed by atoms with Gasteiger partial charge < -0.3 is 4.90 Å². The Bertz CT molecular complexity index is 527. The van der Waals surface area contributed by atoms with E-state index < -0.39 is 12.6 Å². The first kappa shape index (κ1) is 13.4. The van der Waals surface area contributed by atoms with E-state index in [1.54, 1.807) is 29.2 Å². The molecule has 108 valence electrons. The van der Waals surface area contributed by atoms with Crippen LogP contribution in [0.25, 0.3) is 0 Å². The summed E-state index contributed by atoms with van der Waals surface area (Å²) in [4.78, 5) is 6.16. The largest absolute Gasteiger partial charge is 0.524 e. The molecule has 0 radical (unpaired) electrons. The highest BCUT2D eigenvalue weighted by Gasteiger charge is 2.40. The molecular formula is C14H15F3N2O. The van der Waals surface area contributed by atoms with Crippen LogP contribution in [-0.4, -0.2) is 23.6 Å². The topological polar surface area (TPSA) is 24.8 Å². The fourth-order valence-corrected chi connectivity index (χ4v) is 2.75. The molecule has 2 aliphatic rings. The van der Waals surface area contributed by atoms with Crippen molar-refractivity contribution in [2.45, 2.75) is 38.3 Å². The minimum atomic E-state index is -4.66. The van der Waals surface area contributed by atoms with Crippen LogP contribution < -0.4 is 0 Å². The van der Waals surface area contributed by atoms with Gasteiger partial charge in [-0.1, -0.05) is 24.6 Å². The molecule has 1 aromatic carbocycles. The summed E-state index contributed by atoms with van der Waals surface area (Å²) in [6.45, 7) is 0.550. The van der Waals surface area contributed by atoms with E-state index in [9.17, 15) is 13.2 Å². The monoisotopic (exact) mass is 284 g/mol. The summed E-state index contributed by atoms with van der Waals surface area (Å²) in [5.74, 6) is 0.704. The highest BCUT2D eigenvalue weighted by molar-refractivity contribution is 5.87. The molecule has 1 aromatic rings. The van der Waals surface area contributed by atoms with Gasteiger partial charge in [-0.15, -0.1) is 13.2 Å². The van der Waals surface area contributed by atoms with Gasteiger partial charge in [0.05, 0.1) is 5.69 Å². The molecule has 1 fully saturated rings. The maximum atomic E-state index is 12.7. The fourth-order valence-electron chi connectivity index (χ4n) is 2.75. The van der Waals surface area contributed by atoms with Gasteiger partial charge in [0, 0.05) is 18.5 Å². The standard InChI is InChI=1S/C14H15F3N2O/c15-14(16,17)20-13-10-6-3-4-7-11(10)18-12-8-2-1-5-9-19(12)13/h3-4,6-7,13H,1-2,5,8-9H2. The van der Waals surface area contributed by atoms with Crippen molar-refractivity contribution in [1.29, 1.82) is 0 Å². The third-order valence-corrected chi connectivity index (χ3v) is 3.61. The molecule has 20 heavy (non-hydrogen) atoms. The van der Waals surface area contributed by atoms with E-state index in [1.165, 1.54) is 0 Å². The summed E-state index contributed by atoms with van der Waals surface area (Å²) in [5.41, 5.74) is 1.06. The summed E-state index contributed by atoms with van der Waals surface area (Å²) in [5, 5.41) is 0. The smallest absolute Gasteiger partial charge is 0.330 e. The quantitative estimate of drug-likeness (QED) is 0.774. The average molecular weight is 284 g/mol. The van der Waals surface area contributed by atoms with Crippen LogP contribution in [0.2, 0.25) is 0 Å². The number of ether oxygens (including phenoxy) is 1. The zero-order chi connectivity index (χ0) is 14.2. The highest BCUT2D eigenvalue weighted by Crippen LogP contribution is 2.40. The molecule has 2 aliphatic heterocycles. The van der Waals surface area contributed by atoms with E-state index in [4.69, 9.17) is 0 Å². The van der Waals surface area contributed by atoms with Crippen molar-refractivity contribution in [1.82, 2.24) is 4.90 Å². The van der Waals surface area contributed by atoms with Crippen LogP contribution in [0.4, 0.5) is 18.9 Å². The lowest BCUT2D eigenvalue weighted by molar-refractivity contribution is -0.358. The van der Waals surface area contributed by atoms with Gasteiger partial charge in [-0.25, -0.2) is 4.99 Å². The maximum Gasteiger partial charge on any atom is 0.524 e. The summed E-state index contributed by atoms with van der Waals surface area (Å²) in [6, 6.07) is 6.87. The normalized spacial score (nSPS) is 22.6. The molecule has 0 aromatic heterocycles. The Balaban J connectivity index is 2.02. The number of rotatable bonds is 1. The van der Waals surface area contributed by atoms with Gasteiger partial charge >= 0.3 is 6.36 Å². The summed E-state index contributed by atoms with van der Waals surface area (Å²) >= 11 is 0. The van der Waals surface area contributed by atoms with E-state index in [0.717, 1.165) is 19.3 Å². The van der Waals surface area contributed by atoms with Gasteiger partial charge in [0.1, 0.15) is 5.84 Å². The molecular weight excluding hydrogens is 269 g/mol. The molecule has 2 heterocycles. The van der Waals surface area contributed by atoms with E-state index in [2.05, 4.69) is 9.73 Å². The third-order valence-electron chi connectivity index (χ3n) is 3.61. The number of para-hydroxylation sites is 1. The van der Waals surface area contributed by atoms with Gasteiger partial charge in [-0.2, -0.15) is 0 Å². The number of benzene rings is 1. The van der Waals surface area contributed by atoms with Crippen LogP contribution in [0, 0.1) is 0 Å². The van der Waals surface area contributed by atoms with Crippen LogP contribution in [0.3, 0.4) is 0 Å². The SMILES string of the molecule is FC(F)(F)OC1c2ccccc2N=C2CCCCCN21. The second-order valence-corrected chi connectivity index (χ2v) is 5.01. The van der Waals surface area contributed by atoms with Crippen molar-refractivity contribution in [3.8, 4) is 0 Å². The van der Waals surface area contributed by atoms with E-state index in [1.807, 2.05) is 0 Å². The number of hydrogen-bond donors (Lipinski definition) is 0. The number of aliphatic imine (C=N–C) groups is 1. The molecule has 0 N–H and O–H groups in total. The number of amidine groups is 1. The van der Waals surface area contributed by atoms with Crippen molar-refractivity contribution in [2.24, 2.45) is 4.99 Å². The zero-order valence-electron chi connectivity index (χ0n) is 10.9. The Hall–Kier alpha value is -1.56. The van der Waals surface area contributed by atoms with E-state index in [0.29, 0.717) is 30.1 Å². The van der Waals surface area contributed by atoms with E-state index in [-0.39, 0.29) is 0 Å². The molecule has 1 unspecified atom stereocenters. The molecule has 6 heteroatoms. The first-order chi connectivity index (χ1) is 9.54. The van der Waals surface area contributed by atoms with Crippen molar-refractivity contribution in [3.63, 3.8) is 0 Å². The summed E-state index contributed by atoms with van der Waals surface area (Å²) in [6.07, 6.45) is -2.25. The van der Waals surface area contributed by atoms with Crippen molar-refractivity contribution in [2.75, 3.05) is 6.54 Å². The van der Waals surface area contributed by atoms with Crippen molar-refractivity contribution in [3.05, 3.63) is 29.8 Å². The minimum Gasteiger partial charge on any atom is -0.330 e. The minimum absolute atomic E-state index is 0.482. The zero-order valence-corrected chi connectivity index (χ0v) is 10.9. The number of hydrogen-bond acceptors (Lipinski definition) is 3. The first-order valence-corrected chi connectivity index (χ1v) is 6.72. The number of nitrogens with zero attached hydrogens (tertiary/aromatic N) is 2. The summed E-state index contributed by atoms with van der Waals surface area (Å²) < 4.78 is 42.5. The Kier molecular flexibility index (Phi) is 3.41. The van der Waals surface area contributed by atoms with Crippen molar-refractivity contribution < 1.29 is 17.9 Å². The predicted molar refractivity (Wildman–Crippen MR) is 68.6 cm³/mol. The second-order valence-electron chi connectivity index (χ2n) is 5.01. The summed E-state index contributed by atoms with van der Waals surface area (Å²) in [7, 11) is 0. The molecule has 0 spiro atoms. The van der Waals surface area contributed by atoms with Gasteiger partial charge in [-0.3, -0.25) is 4.74 Å². The van der Waals surface area contributed by atoms with Crippen LogP contribution in [-0.2, 0) is 4.74 Å². The second kappa shape index (κ2) is 5.09. The van der Waals surface area contributed by atoms with Crippen LogP contribution in [0.5, 0.6) is 0 Å². The Labute approximate surface area is 115 Å². The average Bonchev–Trinajstić information content (AvgIpc) is 2.62. The molecule has 0 bridgehead atoms. The molecule has 1 saturated heterocycles. The van der Waals surface area contributed by atoms with Crippen LogP contribution in [0.15, 0.2) is 29.3 Å². The van der Waals surface area contributed by atoms with E-state index >= 15 is 0 Å². The molecule has 0 aliphatic carbocycles. The van der Waals surface area contributed by atoms with Crippen LogP contribution in [0.1, 0.15) is 37.5 Å². The molecule has 0 saturated carbocycles. The number of fused-ring (bicyclic) bond motifs is 2. The van der Waals surface area contributed by atoms with Crippen LogP contribution >= 0.6 is 0 Å². The first-order valence-electron chi connectivity index (χ1n) is 6.72. The Morgan fingerprint density at radius 2 is 1.95 bits per heavy atom. The van der Waals surface area contributed by atoms with Gasteiger partial charge in [0.15, 0.2) is 6.23 Å². The lowest BCUT2D eigenvalue weighted by Gasteiger charge is -2.37. The van der Waals surface area contributed by atoms with Gasteiger partial charge in [0.2, 0.25) is 0 Å². The molecule has 0 amide bonds. The van der Waals surface area contributed by atoms with Gasteiger partial charge in [0.25, 0.3) is 0 Å². The number of halogens is 3. The Morgan fingerprint density at radius 1 is 1.15 bits per heavy atom. The Morgan fingerprint density at radius 3 is 2.75 bits per heavy atom. The fraction of sp³-hybridized carbons (Fsp3) is 0.500. The lowest BCUT2D eigenvalue weighted by Crippen LogP contribution is -2.40. The lowest BCUT2D eigenvalue weighted by atomic mass is 10.1. The maximum absolute atomic E-state index is 12.7. The van der Waals surface area contributed by atoms with Gasteiger partial charge in [-0.05, 0) is 18.9 Å².